The Morgan fingerprint density at radius 1 is 1.79 bits per heavy atom. The van der Waals surface area contributed by atoms with Gasteiger partial charge in [0.1, 0.15) is 24.9 Å². The molecule has 0 radical (unpaired) electrons. The van der Waals surface area contributed by atoms with Crippen LogP contribution >= 0.6 is 0 Å². The topological polar surface area (TPSA) is 72.8 Å². The van der Waals surface area contributed by atoms with Crippen LogP contribution in [0.4, 0.5) is 0 Å². The van der Waals surface area contributed by atoms with Crippen molar-refractivity contribution in [3.8, 4) is 0 Å². The zero-order valence-corrected chi connectivity index (χ0v) is 8.23. The average molecular weight is 202 g/mol. The molecule has 0 aromatic rings. The Labute approximate surface area is 82.0 Å². The number of aliphatic hydroxyl groups is 1. The van der Waals surface area contributed by atoms with Crippen molar-refractivity contribution in [1.29, 1.82) is 0 Å². The molecule has 0 spiro atoms. The van der Waals surface area contributed by atoms with E-state index in [9.17, 15) is 14.7 Å². The van der Waals surface area contributed by atoms with Crippen LogP contribution in [0.2, 0.25) is 0 Å². The number of ketones is 1. The van der Waals surface area contributed by atoms with E-state index in [4.69, 9.17) is 9.47 Å². The van der Waals surface area contributed by atoms with Gasteiger partial charge in [-0.05, 0) is 6.42 Å². The molecule has 0 aromatic carbocycles. The van der Waals surface area contributed by atoms with E-state index in [1.54, 1.807) is 6.92 Å². The molecule has 5 heteroatoms. The highest BCUT2D eigenvalue weighted by atomic mass is 16.6. The minimum Gasteiger partial charge on any atom is -0.460 e. The van der Waals surface area contributed by atoms with E-state index < -0.39 is 24.3 Å². The minimum atomic E-state index is -1.17. The number of carbonyl (C=O) groups excluding carboxylic acids is 2. The van der Waals surface area contributed by atoms with Crippen molar-refractivity contribution in [2.75, 3.05) is 6.61 Å². The van der Waals surface area contributed by atoms with Crippen molar-refractivity contribution in [3.63, 3.8) is 0 Å². The number of hydrogen-bond donors (Lipinski definition) is 1. The van der Waals surface area contributed by atoms with E-state index >= 15 is 0 Å². The van der Waals surface area contributed by atoms with Gasteiger partial charge in [0, 0.05) is 6.92 Å². The molecular weight excluding hydrogens is 188 g/mol. The third kappa shape index (κ3) is 2.30. The van der Waals surface area contributed by atoms with Gasteiger partial charge in [0.05, 0.1) is 0 Å². The smallest absolute Gasteiger partial charge is 0.302 e. The predicted octanol–water partition coefficient (Wildman–Crippen LogP) is -0.343. The Bertz CT molecular complexity index is 237. The van der Waals surface area contributed by atoms with Gasteiger partial charge < -0.3 is 14.6 Å². The van der Waals surface area contributed by atoms with Crippen molar-refractivity contribution in [2.45, 2.75) is 38.6 Å². The van der Waals surface area contributed by atoms with E-state index in [0.717, 1.165) is 0 Å². The number of ether oxygens (including phenoxy) is 2. The lowest BCUT2D eigenvalue weighted by atomic mass is 10.1. The Balaban J connectivity index is 2.61. The van der Waals surface area contributed by atoms with Gasteiger partial charge in [-0.2, -0.15) is 0 Å². The monoisotopic (exact) mass is 202 g/mol. The molecule has 14 heavy (non-hydrogen) atoms. The van der Waals surface area contributed by atoms with Gasteiger partial charge in [0.25, 0.3) is 0 Å². The van der Waals surface area contributed by atoms with Crippen LogP contribution in [0.5, 0.6) is 0 Å². The first kappa shape index (κ1) is 11.1. The zero-order chi connectivity index (χ0) is 10.7. The third-order valence-corrected chi connectivity index (χ3v) is 2.15. The van der Waals surface area contributed by atoms with Gasteiger partial charge in [0.15, 0.2) is 5.78 Å². The maximum Gasteiger partial charge on any atom is 0.302 e. The third-order valence-electron chi connectivity index (χ3n) is 2.15. The van der Waals surface area contributed by atoms with E-state index in [-0.39, 0.29) is 12.4 Å². The van der Waals surface area contributed by atoms with Gasteiger partial charge >= 0.3 is 5.97 Å². The SMILES string of the molecule is CC[C@H](OC(C)=O)[C@H]1OCC(=O)[C@H]1O. The molecule has 5 nitrogen and oxygen atoms in total. The summed E-state index contributed by atoms with van der Waals surface area (Å²) in [6.07, 6.45) is -1.92. The van der Waals surface area contributed by atoms with E-state index in [1.807, 2.05) is 0 Å². The number of hydrogen-bond acceptors (Lipinski definition) is 5. The van der Waals surface area contributed by atoms with Gasteiger partial charge in [0.2, 0.25) is 0 Å². The van der Waals surface area contributed by atoms with Crippen LogP contribution in [0.25, 0.3) is 0 Å². The van der Waals surface area contributed by atoms with Crippen LogP contribution in [-0.2, 0) is 19.1 Å². The highest BCUT2D eigenvalue weighted by molar-refractivity contribution is 5.86. The first-order chi connectivity index (χ1) is 6.56. The lowest BCUT2D eigenvalue weighted by molar-refractivity contribution is -0.156. The summed E-state index contributed by atoms with van der Waals surface area (Å²) in [4.78, 5) is 21.7. The highest BCUT2D eigenvalue weighted by Gasteiger charge is 2.40. The van der Waals surface area contributed by atoms with Crippen molar-refractivity contribution < 1.29 is 24.2 Å². The van der Waals surface area contributed by atoms with Gasteiger partial charge in [-0.1, -0.05) is 6.92 Å². The second-order valence-electron chi connectivity index (χ2n) is 3.24. The summed E-state index contributed by atoms with van der Waals surface area (Å²) in [5.74, 6) is -0.799. The fourth-order valence-electron chi connectivity index (χ4n) is 1.44. The molecule has 1 N–H and O–H groups in total. The Morgan fingerprint density at radius 2 is 2.43 bits per heavy atom. The molecule has 0 saturated carbocycles. The quantitative estimate of drug-likeness (QED) is 0.634. The fraction of sp³-hybridized carbons (Fsp3) is 0.778. The molecule has 1 fully saturated rings. The van der Waals surface area contributed by atoms with Crippen LogP contribution in [0.1, 0.15) is 20.3 Å². The minimum absolute atomic E-state index is 0.108. The average Bonchev–Trinajstić information content (AvgIpc) is 2.44. The van der Waals surface area contributed by atoms with Crippen molar-refractivity contribution in [3.05, 3.63) is 0 Å². The van der Waals surface area contributed by atoms with E-state index in [0.29, 0.717) is 6.42 Å². The van der Waals surface area contributed by atoms with Crippen LogP contribution in [0.3, 0.4) is 0 Å². The molecule has 0 aliphatic carbocycles. The first-order valence-corrected chi connectivity index (χ1v) is 4.55. The highest BCUT2D eigenvalue weighted by Crippen LogP contribution is 2.18. The Morgan fingerprint density at radius 3 is 2.79 bits per heavy atom. The Kier molecular flexibility index (Phi) is 3.60. The van der Waals surface area contributed by atoms with Crippen LogP contribution in [0.15, 0.2) is 0 Å². The number of esters is 1. The molecule has 0 aromatic heterocycles. The maximum atomic E-state index is 11.0. The molecule has 3 atom stereocenters. The van der Waals surface area contributed by atoms with Crippen LogP contribution < -0.4 is 0 Å². The Hall–Kier alpha value is -0.940. The number of rotatable bonds is 3. The molecular formula is C9H14O5. The van der Waals surface area contributed by atoms with Crippen molar-refractivity contribution in [2.24, 2.45) is 0 Å². The lowest BCUT2D eigenvalue weighted by Crippen LogP contribution is -2.39. The summed E-state index contributed by atoms with van der Waals surface area (Å²) in [6, 6.07) is 0. The second-order valence-corrected chi connectivity index (χ2v) is 3.24. The zero-order valence-electron chi connectivity index (χ0n) is 8.23. The summed E-state index contributed by atoms with van der Waals surface area (Å²) in [7, 11) is 0. The summed E-state index contributed by atoms with van der Waals surface area (Å²) >= 11 is 0. The van der Waals surface area contributed by atoms with Crippen molar-refractivity contribution >= 4 is 11.8 Å². The van der Waals surface area contributed by atoms with Gasteiger partial charge in [-0.15, -0.1) is 0 Å². The molecule has 1 aliphatic heterocycles. The molecule has 80 valence electrons. The number of Topliss-reactive ketones (excluding diaryl/α,β-unsaturated/α-hetero) is 1. The van der Waals surface area contributed by atoms with Gasteiger partial charge in [-0.3, -0.25) is 9.59 Å². The number of carbonyl (C=O) groups is 2. The van der Waals surface area contributed by atoms with Crippen molar-refractivity contribution in [1.82, 2.24) is 0 Å². The number of aliphatic hydroxyl groups excluding tert-OH is 1. The molecule has 1 heterocycles. The second kappa shape index (κ2) is 4.52. The lowest BCUT2D eigenvalue weighted by Gasteiger charge is -2.22. The molecule has 1 aliphatic rings. The molecule has 0 bridgehead atoms. The molecule has 0 unspecified atom stereocenters. The van der Waals surface area contributed by atoms with Crippen LogP contribution in [-0.4, -0.2) is 41.8 Å². The first-order valence-electron chi connectivity index (χ1n) is 4.55. The van der Waals surface area contributed by atoms with E-state index in [2.05, 4.69) is 0 Å². The summed E-state index contributed by atoms with van der Waals surface area (Å²) in [5, 5.41) is 9.41. The summed E-state index contributed by atoms with van der Waals surface area (Å²) < 4.78 is 9.98. The summed E-state index contributed by atoms with van der Waals surface area (Å²) in [6.45, 7) is 2.97. The predicted molar refractivity (Wildman–Crippen MR) is 46.6 cm³/mol. The molecule has 0 amide bonds. The standard InChI is InChI=1S/C9H14O5/c1-3-7(14-5(2)10)9-8(12)6(11)4-13-9/h7-9,12H,3-4H2,1-2H3/t7-,8+,9+/m0/s1. The summed E-state index contributed by atoms with van der Waals surface area (Å²) in [5.41, 5.74) is 0. The van der Waals surface area contributed by atoms with Gasteiger partial charge in [-0.25, -0.2) is 0 Å². The largest absolute Gasteiger partial charge is 0.460 e. The molecule has 1 rings (SSSR count). The molecule has 1 saturated heterocycles. The maximum absolute atomic E-state index is 11.0. The fourth-order valence-corrected chi connectivity index (χ4v) is 1.44. The van der Waals surface area contributed by atoms with E-state index in [1.165, 1.54) is 6.92 Å². The van der Waals surface area contributed by atoms with Crippen LogP contribution in [0, 0.1) is 0 Å². The normalized spacial score (nSPS) is 28.9.